The second-order valence-electron chi connectivity index (χ2n) is 7.03. The van der Waals surface area contributed by atoms with E-state index < -0.39 is 5.41 Å². The summed E-state index contributed by atoms with van der Waals surface area (Å²) in [5.41, 5.74) is 5.52. The third-order valence-electron chi connectivity index (χ3n) is 5.58. The SMILES string of the molecule is CCOC1CC(N(C)C(=O)C2(CN)CCOCC2)C1(C)C. The van der Waals surface area contributed by atoms with Gasteiger partial charge in [0.15, 0.2) is 0 Å². The van der Waals surface area contributed by atoms with Gasteiger partial charge in [-0.1, -0.05) is 13.8 Å². The van der Waals surface area contributed by atoms with E-state index in [1.165, 1.54) is 0 Å². The number of carbonyl (C=O) groups excluding carboxylic acids is 1. The van der Waals surface area contributed by atoms with Gasteiger partial charge in [0.2, 0.25) is 5.91 Å². The molecule has 1 heterocycles. The molecule has 5 nitrogen and oxygen atoms in total. The Labute approximate surface area is 128 Å². The minimum absolute atomic E-state index is 0.00136. The summed E-state index contributed by atoms with van der Waals surface area (Å²) in [6.45, 7) is 8.78. The van der Waals surface area contributed by atoms with Crippen LogP contribution >= 0.6 is 0 Å². The van der Waals surface area contributed by atoms with Crippen molar-refractivity contribution in [2.24, 2.45) is 16.6 Å². The van der Waals surface area contributed by atoms with E-state index in [-0.39, 0.29) is 23.5 Å². The molecule has 21 heavy (non-hydrogen) atoms. The molecule has 0 aromatic heterocycles. The predicted molar refractivity (Wildman–Crippen MR) is 81.9 cm³/mol. The second kappa shape index (κ2) is 6.23. The maximum Gasteiger partial charge on any atom is 0.230 e. The molecule has 0 bridgehead atoms. The number of hydrogen-bond acceptors (Lipinski definition) is 4. The van der Waals surface area contributed by atoms with Gasteiger partial charge in [-0.2, -0.15) is 0 Å². The van der Waals surface area contributed by atoms with Gasteiger partial charge in [0.1, 0.15) is 0 Å². The maximum absolute atomic E-state index is 13.0. The fourth-order valence-corrected chi connectivity index (χ4v) is 3.79. The van der Waals surface area contributed by atoms with E-state index in [0.29, 0.717) is 19.8 Å². The van der Waals surface area contributed by atoms with Crippen molar-refractivity contribution in [3.05, 3.63) is 0 Å². The van der Waals surface area contributed by atoms with E-state index in [1.54, 1.807) is 0 Å². The molecule has 0 aromatic rings. The number of ether oxygens (including phenoxy) is 2. The molecule has 0 radical (unpaired) electrons. The van der Waals surface area contributed by atoms with Gasteiger partial charge in [-0.25, -0.2) is 0 Å². The fourth-order valence-electron chi connectivity index (χ4n) is 3.79. The smallest absolute Gasteiger partial charge is 0.230 e. The molecule has 1 aliphatic carbocycles. The first kappa shape index (κ1) is 16.7. The van der Waals surface area contributed by atoms with Crippen molar-refractivity contribution in [2.45, 2.75) is 52.2 Å². The standard InChI is InChI=1S/C16H30N2O3/c1-5-21-13-10-12(15(13,2)3)18(4)14(19)16(11-17)6-8-20-9-7-16/h12-13H,5-11,17H2,1-4H3. The van der Waals surface area contributed by atoms with Crippen LogP contribution in [0.1, 0.15) is 40.0 Å². The van der Waals surface area contributed by atoms with Crippen molar-refractivity contribution in [1.82, 2.24) is 4.90 Å². The predicted octanol–water partition coefficient (Wildman–Crippen LogP) is 1.40. The monoisotopic (exact) mass is 298 g/mol. The Morgan fingerprint density at radius 2 is 2.00 bits per heavy atom. The largest absolute Gasteiger partial charge is 0.381 e. The topological polar surface area (TPSA) is 64.8 Å². The van der Waals surface area contributed by atoms with Gasteiger partial charge in [0, 0.05) is 44.9 Å². The van der Waals surface area contributed by atoms with E-state index in [9.17, 15) is 4.79 Å². The molecule has 2 rings (SSSR count). The van der Waals surface area contributed by atoms with E-state index in [1.807, 2.05) is 18.9 Å². The Balaban J connectivity index is 2.06. The summed E-state index contributed by atoms with van der Waals surface area (Å²) in [5, 5.41) is 0. The highest BCUT2D eigenvalue weighted by Crippen LogP contribution is 2.46. The van der Waals surface area contributed by atoms with Gasteiger partial charge in [-0.05, 0) is 26.2 Å². The van der Waals surface area contributed by atoms with Crippen LogP contribution in [0.25, 0.3) is 0 Å². The molecule has 2 N–H and O–H groups in total. The van der Waals surface area contributed by atoms with Gasteiger partial charge in [0.25, 0.3) is 0 Å². The van der Waals surface area contributed by atoms with E-state index >= 15 is 0 Å². The molecule has 5 heteroatoms. The van der Waals surface area contributed by atoms with Crippen LogP contribution in [0.2, 0.25) is 0 Å². The lowest BCUT2D eigenvalue weighted by atomic mass is 9.63. The molecular formula is C16H30N2O3. The first-order valence-corrected chi connectivity index (χ1v) is 8.05. The summed E-state index contributed by atoms with van der Waals surface area (Å²) in [5.74, 6) is 0.182. The summed E-state index contributed by atoms with van der Waals surface area (Å²) in [6.07, 6.45) is 2.62. The van der Waals surface area contributed by atoms with Crippen molar-refractivity contribution in [1.29, 1.82) is 0 Å². The van der Waals surface area contributed by atoms with Crippen molar-refractivity contribution in [3.8, 4) is 0 Å². The zero-order valence-electron chi connectivity index (χ0n) is 13.9. The van der Waals surface area contributed by atoms with Gasteiger partial charge in [-0.3, -0.25) is 4.79 Å². The highest BCUT2D eigenvalue weighted by molar-refractivity contribution is 5.83. The number of nitrogens with two attached hydrogens (primary N) is 1. The zero-order chi connectivity index (χ0) is 15.7. The number of amides is 1. The third kappa shape index (κ3) is 2.83. The molecule has 1 saturated carbocycles. The molecule has 2 unspecified atom stereocenters. The minimum Gasteiger partial charge on any atom is -0.381 e. The lowest BCUT2D eigenvalue weighted by Gasteiger charge is -2.56. The average molecular weight is 298 g/mol. The minimum atomic E-state index is -0.431. The van der Waals surface area contributed by atoms with Gasteiger partial charge < -0.3 is 20.1 Å². The van der Waals surface area contributed by atoms with Crippen molar-refractivity contribution in [2.75, 3.05) is 33.4 Å². The van der Waals surface area contributed by atoms with Gasteiger partial charge >= 0.3 is 0 Å². The van der Waals surface area contributed by atoms with E-state index in [2.05, 4.69) is 13.8 Å². The van der Waals surface area contributed by atoms with E-state index in [0.717, 1.165) is 25.9 Å². The van der Waals surface area contributed by atoms with Crippen LogP contribution in [0.4, 0.5) is 0 Å². The van der Waals surface area contributed by atoms with Crippen LogP contribution in [0.15, 0.2) is 0 Å². The van der Waals surface area contributed by atoms with Crippen molar-refractivity contribution in [3.63, 3.8) is 0 Å². The third-order valence-corrected chi connectivity index (χ3v) is 5.58. The van der Waals surface area contributed by atoms with Crippen molar-refractivity contribution < 1.29 is 14.3 Å². The molecule has 1 aliphatic heterocycles. The molecular weight excluding hydrogens is 268 g/mol. The molecule has 2 aliphatic rings. The summed E-state index contributed by atoms with van der Waals surface area (Å²) in [7, 11) is 1.92. The summed E-state index contributed by atoms with van der Waals surface area (Å²) >= 11 is 0. The highest BCUT2D eigenvalue weighted by Gasteiger charge is 2.54. The number of carbonyl (C=O) groups is 1. The molecule has 2 fully saturated rings. The molecule has 1 saturated heterocycles. The second-order valence-corrected chi connectivity index (χ2v) is 7.03. The summed E-state index contributed by atoms with van der Waals surface area (Å²) < 4.78 is 11.2. The molecule has 0 spiro atoms. The van der Waals surface area contributed by atoms with Crippen LogP contribution in [0.3, 0.4) is 0 Å². The van der Waals surface area contributed by atoms with Crippen LogP contribution in [0, 0.1) is 10.8 Å². The van der Waals surface area contributed by atoms with Gasteiger partial charge in [-0.15, -0.1) is 0 Å². The van der Waals surface area contributed by atoms with Crippen molar-refractivity contribution >= 4 is 5.91 Å². The number of rotatable bonds is 5. The van der Waals surface area contributed by atoms with Crippen LogP contribution in [0.5, 0.6) is 0 Å². The first-order valence-electron chi connectivity index (χ1n) is 8.05. The average Bonchev–Trinajstić information content (AvgIpc) is 2.50. The molecule has 0 aromatic carbocycles. The first-order chi connectivity index (χ1) is 9.89. The lowest BCUT2D eigenvalue weighted by molar-refractivity contribution is -0.174. The van der Waals surface area contributed by atoms with Crippen LogP contribution in [-0.2, 0) is 14.3 Å². The van der Waals surface area contributed by atoms with E-state index in [4.69, 9.17) is 15.2 Å². The Kier molecular flexibility index (Phi) is 4.96. The maximum atomic E-state index is 13.0. The van der Waals surface area contributed by atoms with Gasteiger partial charge in [0.05, 0.1) is 11.5 Å². The zero-order valence-corrected chi connectivity index (χ0v) is 13.9. The fraction of sp³-hybridized carbons (Fsp3) is 0.938. The quantitative estimate of drug-likeness (QED) is 0.833. The highest BCUT2D eigenvalue weighted by atomic mass is 16.5. The Hall–Kier alpha value is -0.650. The number of hydrogen-bond donors (Lipinski definition) is 1. The Bertz CT molecular complexity index is 378. The molecule has 122 valence electrons. The van der Waals surface area contributed by atoms with Crippen LogP contribution in [-0.4, -0.2) is 56.4 Å². The number of nitrogens with zero attached hydrogens (tertiary/aromatic N) is 1. The molecule has 2 atom stereocenters. The normalized spacial score (nSPS) is 30.5. The van der Waals surface area contributed by atoms with Crippen LogP contribution < -0.4 is 5.73 Å². The Morgan fingerprint density at radius 1 is 1.38 bits per heavy atom. The lowest BCUT2D eigenvalue weighted by Crippen LogP contribution is -2.64. The molecule has 1 amide bonds. The Morgan fingerprint density at radius 3 is 2.48 bits per heavy atom. The summed E-state index contributed by atoms with van der Waals surface area (Å²) in [4.78, 5) is 14.9. The summed E-state index contributed by atoms with van der Waals surface area (Å²) in [6, 6.07) is 0.229.